The molecule has 3 rings (SSSR count). The number of carbonyl (C=O) groups excluding carboxylic acids is 1. The summed E-state index contributed by atoms with van der Waals surface area (Å²) in [6, 6.07) is 12.1. The van der Waals surface area contributed by atoms with Crippen molar-refractivity contribution >= 4 is 27.6 Å². The van der Waals surface area contributed by atoms with Gasteiger partial charge in [-0.05, 0) is 29.8 Å². The molecule has 0 bridgehead atoms. The zero-order valence-corrected chi connectivity index (χ0v) is 12.1. The van der Waals surface area contributed by atoms with Gasteiger partial charge in [-0.2, -0.15) is 0 Å². The van der Waals surface area contributed by atoms with Crippen molar-refractivity contribution in [1.29, 1.82) is 0 Å². The Hall–Kier alpha value is -2.62. The Bertz CT molecular complexity index is 856. The summed E-state index contributed by atoms with van der Waals surface area (Å²) >= 11 is 0. The number of ether oxygens (including phenoxy) is 1. The molecule has 21 heavy (non-hydrogen) atoms. The molecule has 1 aromatic heterocycles. The van der Waals surface area contributed by atoms with Gasteiger partial charge in [0.25, 0.3) is 0 Å². The molecule has 4 heteroatoms. The number of fused-ring (bicyclic) bond motifs is 3. The van der Waals surface area contributed by atoms with E-state index in [1.807, 2.05) is 37.4 Å². The minimum atomic E-state index is -0.317. The number of aryl methyl sites for hydroxylation is 1. The van der Waals surface area contributed by atoms with E-state index in [1.54, 1.807) is 7.11 Å². The van der Waals surface area contributed by atoms with Crippen LogP contribution in [0.15, 0.2) is 42.6 Å². The third-order valence-corrected chi connectivity index (χ3v) is 3.70. The largest absolute Gasteiger partial charge is 0.497 e. The standard InChI is InChI=1S/C17H16N2O2/c1-19-10-12-9-13(21-2)4-6-14(12)15-5-3-11(7-16(15)19)8-17(18)20/h3-7,9-10H,8H2,1-2H3,(H-,18,20)/p+1. The Morgan fingerprint density at radius 2 is 1.95 bits per heavy atom. The second-order valence-corrected chi connectivity index (χ2v) is 5.19. The zero-order valence-electron chi connectivity index (χ0n) is 12.1. The highest BCUT2D eigenvalue weighted by molar-refractivity contribution is 6.04. The molecule has 0 aliphatic heterocycles. The fourth-order valence-corrected chi connectivity index (χ4v) is 2.71. The van der Waals surface area contributed by atoms with E-state index in [0.717, 1.165) is 33.0 Å². The Kier molecular flexibility index (Phi) is 3.22. The average Bonchev–Trinajstić information content (AvgIpc) is 2.46. The molecule has 1 amide bonds. The number of nitrogens with zero attached hydrogens (tertiary/aromatic N) is 1. The van der Waals surface area contributed by atoms with Crippen LogP contribution in [0, 0.1) is 0 Å². The van der Waals surface area contributed by atoms with Crippen molar-refractivity contribution in [2.75, 3.05) is 7.11 Å². The molecule has 2 N–H and O–H groups in total. The maximum atomic E-state index is 11.1. The van der Waals surface area contributed by atoms with Gasteiger partial charge in [-0.1, -0.05) is 6.07 Å². The van der Waals surface area contributed by atoms with Crippen LogP contribution in [0.5, 0.6) is 5.75 Å². The van der Waals surface area contributed by atoms with Crippen LogP contribution in [0.25, 0.3) is 21.7 Å². The maximum Gasteiger partial charge on any atom is 0.221 e. The van der Waals surface area contributed by atoms with Crippen molar-refractivity contribution in [2.45, 2.75) is 6.42 Å². The van der Waals surface area contributed by atoms with Crippen LogP contribution in [0.2, 0.25) is 0 Å². The molecule has 0 radical (unpaired) electrons. The van der Waals surface area contributed by atoms with Crippen LogP contribution < -0.4 is 15.0 Å². The first-order valence-electron chi connectivity index (χ1n) is 6.76. The lowest BCUT2D eigenvalue weighted by Crippen LogP contribution is -2.28. The Morgan fingerprint density at radius 1 is 1.19 bits per heavy atom. The fourth-order valence-electron chi connectivity index (χ4n) is 2.71. The summed E-state index contributed by atoms with van der Waals surface area (Å²) < 4.78 is 7.33. The third-order valence-electron chi connectivity index (χ3n) is 3.70. The summed E-state index contributed by atoms with van der Waals surface area (Å²) in [4.78, 5) is 11.1. The highest BCUT2D eigenvalue weighted by atomic mass is 16.5. The second kappa shape index (κ2) is 5.05. The van der Waals surface area contributed by atoms with Crippen LogP contribution in [-0.4, -0.2) is 13.0 Å². The number of aromatic nitrogens is 1. The van der Waals surface area contributed by atoms with Crippen molar-refractivity contribution in [3.05, 3.63) is 48.2 Å². The van der Waals surface area contributed by atoms with Gasteiger partial charge in [0.1, 0.15) is 12.8 Å². The molecule has 2 aromatic carbocycles. The molecule has 0 fully saturated rings. The highest BCUT2D eigenvalue weighted by Crippen LogP contribution is 2.26. The summed E-state index contributed by atoms with van der Waals surface area (Å²) in [5.41, 5.74) is 7.27. The highest BCUT2D eigenvalue weighted by Gasteiger charge is 2.12. The van der Waals surface area contributed by atoms with Gasteiger partial charge in [0.05, 0.1) is 24.3 Å². The van der Waals surface area contributed by atoms with Gasteiger partial charge >= 0.3 is 0 Å². The van der Waals surface area contributed by atoms with E-state index < -0.39 is 0 Å². The monoisotopic (exact) mass is 281 g/mol. The van der Waals surface area contributed by atoms with E-state index in [1.165, 1.54) is 0 Å². The van der Waals surface area contributed by atoms with Gasteiger partial charge in [0, 0.05) is 11.5 Å². The molecule has 1 heterocycles. The lowest BCUT2D eigenvalue weighted by molar-refractivity contribution is -0.643. The smallest absolute Gasteiger partial charge is 0.221 e. The Labute approximate surface area is 122 Å². The van der Waals surface area contributed by atoms with Crippen LogP contribution >= 0.6 is 0 Å². The van der Waals surface area contributed by atoms with E-state index >= 15 is 0 Å². The summed E-state index contributed by atoms with van der Waals surface area (Å²) in [5.74, 6) is 0.523. The van der Waals surface area contributed by atoms with E-state index in [0.29, 0.717) is 0 Å². The minimum absolute atomic E-state index is 0.261. The SMILES string of the molecule is COc1ccc2c(c1)c[n+](C)c1cc(CC(N)=O)ccc21. The van der Waals surface area contributed by atoms with E-state index in [-0.39, 0.29) is 12.3 Å². The van der Waals surface area contributed by atoms with Crippen molar-refractivity contribution < 1.29 is 14.1 Å². The lowest BCUT2D eigenvalue weighted by Gasteiger charge is -2.06. The van der Waals surface area contributed by atoms with Crippen molar-refractivity contribution in [3.8, 4) is 5.75 Å². The average molecular weight is 281 g/mol. The number of primary amides is 1. The molecule has 106 valence electrons. The molecule has 0 aliphatic rings. The summed E-state index contributed by atoms with van der Waals surface area (Å²) in [5, 5.41) is 3.42. The molecule has 3 aromatic rings. The molecular weight excluding hydrogens is 264 g/mol. The van der Waals surface area contributed by atoms with Crippen LogP contribution in [0.1, 0.15) is 5.56 Å². The number of carbonyl (C=O) groups is 1. The number of benzene rings is 2. The van der Waals surface area contributed by atoms with Gasteiger partial charge in [0.15, 0.2) is 6.20 Å². The maximum absolute atomic E-state index is 11.1. The normalized spacial score (nSPS) is 11.0. The molecule has 0 saturated carbocycles. The van der Waals surface area contributed by atoms with Gasteiger partial charge in [-0.15, -0.1) is 0 Å². The van der Waals surface area contributed by atoms with Gasteiger partial charge < -0.3 is 10.5 Å². The van der Waals surface area contributed by atoms with Crippen molar-refractivity contribution in [2.24, 2.45) is 12.8 Å². The van der Waals surface area contributed by atoms with Gasteiger partial charge in [-0.3, -0.25) is 4.79 Å². The van der Waals surface area contributed by atoms with E-state index in [2.05, 4.69) is 16.8 Å². The second-order valence-electron chi connectivity index (χ2n) is 5.19. The number of hydrogen-bond acceptors (Lipinski definition) is 2. The number of hydrogen-bond donors (Lipinski definition) is 1. The molecule has 0 atom stereocenters. The first-order valence-corrected chi connectivity index (χ1v) is 6.76. The number of pyridine rings is 1. The fraction of sp³-hybridized carbons (Fsp3) is 0.176. The lowest BCUT2D eigenvalue weighted by atomic mass is 10.0. The minimum Gasteiger partial charge on any atom is -0.497 e. The first-order chi connectivity index (χ1) is 10.1. The predicted octanol–water partition coefficient (Wildman–Crippen LogP) is 1.85. The zero-order chi connectivity index (χ0) is 15.0. The summed E-state index contributed by atoms with van der Waals surface area (Å²) in [6.07, 6.45) is 2.32. The van der Waals surface area contributed by atoms with Crippen molar-refractivity contribution in [1.82, 2.24) is 0 Å². The van der Waals surface area contributed by atoms with Crippen LogP contribution in [0.3, 0.4) is 0 Å². The topological polar surface area (TPSA) is 56.2 Å². The summed E-state index contributed by atoms with van der Waals surface area (Å²) in [6.45, 7) is 0. The van der Waals surface area contributed by atoms with Gasteiger partial charge in [0.2, 0.25) is 11.4 Å². The van der Waals surface area contributed by atoms with Crippen LogP contribution in [0.4, 0.5) is 0 Å². The molecular formula is C17H17N2O2+. The first kappa shape index (κ1) is 13.4. The molecule has 0 spiro atoms. The number of amides is 1. The molecule has 0 saturated heterocycles. The third kappa shape index (κ3) is 2.40. The number of rotatable bonds is 3. The Morgan fingerprint density at radius 3 is 2.67 bits per heavy atom. The molecule has 0 unspecified atom stereocenters. The Balaban J connectivity index is 2.27. The number of nitrogens with two attached hydrogens (primary N) is 1. The molecule has 0 aliphatic carbocycles. The van der Waals surface area contributed by atoms with E-state index in [4.69, 9.17) is 10.5 Å². The number of methoxy groups -OCH3 is 1. The van der Waals surface area contributed by atoms with E-state index in [9.17, 15) is 4.79 Å². The van der Waals surface area contributed by atoms with Gasteiger partial charge in [-0.25, -0.2) is 4.57 Å². The summed E-state index contributed by atoms with van der Waals surface area (Å²) in [7, 11) is 3.66. The van der Waals surface area contributed by atoms with Crippen molar-refractivity contribution in [3.63, 3.8) is 0 Å². The van der Waals surface area contributed by atoms with Crippen LogP contribution in [-0.2, 0) is 18.3 Å². The molecule has 4 nitrogen and oxygen atoms in total. The quantitative estimate of drug-likeness (QED) is 0.588. The predicted molar refractivity (Wildman–Crippen MR) is 82.1 cm³/mol.